The second-order valence-electron chi connectivity index (χ2n) is 8.49. The molecule has 1 heterocycles. The first-order chi connectivity index (χ1) is 13.5. The van der Waals surface area contributed by atoms with E-state index in [4.69, 9.17) is 4.42 Å². The first-order valence-corrected chi connectivity index (χ1v) is 10.3. The predicted octanol–water partition coefficient (Wildman–Crippen LogP) is 6.14. The van der Waals surface area contributed by atoms with Gasteiger partial charge >= 0.3 is 0 Å². The van der Waals surface area contributed by atoms with Crippen LogP contribution in [-0.2, 0) is 4.79 Å². The predicted molar refractivity (Wildman–Crippen MR) is 113 cm³/mol. The fourth-order valence-electron chi connectivity index (χ4n) is 4.43. The number of oxazole rings is 1. The maximum atomic E-state index is 13.0. The molecule has 0 bridgehead atoms. The molecule has 146 valence electrons. The van der Waals surface area contributed by atoms with Crippen LogP contribution in [0.3, 0.4) is 0 Å². The minimum Gasteiger partial charge on any atom is -0.436 e. The van der Waals surface area contributed by atoms with Gasteiger partial charge in [0, 0.05) is 17.2 Å². The second-order valence-corrected chi connectivity index (χ2v) is 8.49. The van der Waals surface area contributed by atoms with Crippen molar-refractivity contribution in [2.24, 2.45) is 23.7 Å². The largest absolute Gasteiger partial charge is 0.436 e. The van der Waals surface area contributed by atoms with E-state index in [1.807, 2.05) is 48.5 Å². The maximum absolute atomic E-state index is 13.0. The summed E-state index contributed by atoms with van der Waals surface area (Å²) in [5.41, 5.74) is 3.35. The molecule has 0 aliphatic heterocycles. The van der Waals surface area contributed by atoms with Gasteiger partial charge in [0.05, 0.1) is 0 Å². The summed E-state index contributed by atoms with van der Waals surface area (Å²) >= 11 is 0. The molecule has 0 unspecified atom stereocenters. The zero-order valence-electron chi connectivity index (χ0n) is 16.8. The van der Waals surface area contributed by atoms with Crippen molar-refractivity contribution in [2.45, 2.75) is 40.0 Å². The van der Waals surface area contributed by atoms with Crippen LogP contribution in [0.2, 0.25) is 0 Å². The Morgan fingerprint density at radius 3 is 2.57 bits per heavy atom. The Hall–Kier alpha value is -2.62. The number of amides is 1. The van der Waals surface area contributed by atoms with E-state index in [2.05, 4.69) is 31.1 Å². The third-order valence-corrected chi connectivity index (χ3v) is 6.05. The van der Waals surface area contributed by atoms with Gasteiger partial charge < -0.3 is 9.73 Å². The first kappa shape index (κ1) is 18.7. The van der Waals surface area contributed by atoms with Gasteiger partial charge in [0.1, 0.15) is 5.52 Å². The molecule has 1 fully saturated rings. The van der Waals surface area contributed by atoms with E-state index in [1.165, 1.54) is 6.42 Å². The van der Waals surface area contributed by atoms with Gasteiger partial charge in [-0.25, -0.2) is 4.98 Å². The fourth-order valence-corrected chi connectivity index (χ4v) is 4.43. The Kier molecular flexibility index (Phi) is 5.21. The number of para-hydroxylation sites is 2. The topological polar surface area (TPSA) is 55.1 Å². The molecule has 2 aromatic carbocycles. The van der Waals surface area contributed by atoms with Gasteiger partial charge in [-0.05, 0) is 67.0 Å². The number of nitrogens with zero attached hydrogens (tertiary/aromatic N) is 1. The molecule has 1 saturated carbocycles. The molecule has 0 spiro atoms. The summed E-state index contributed by atoms with van der Waals surface area (Å²) in [5.74, 6) is 2.47. The molecule has 4 nitrogen and oxygen atoms in total. The standard InChI is InChI=1S/C24H28N2O2/c1-15(2)19-13-8-16(3)14-20(19)23(27)25-18-11-9-17(10-12-18)24-26-21-6-4-5-7-22(21)28-24/h4-7,9-12,15-16,19-20H,8,13-14H2,1-3H3,(H,25,27)/t16-,19+,20-/m1/s1. The highest BCUT2D eigenvalue weighted by atomic mass is 16.3. The number of fused-ring (bicyclic) bond motifs is 1. The normalized spacial score (nSPS) is 22.5. The average Bonchev–Trinajstić information content (AvgIpc) is 3.12. The molecule has 1 N–H and O–H groups in total. The van der Waals surface area contributed by atoms with Crippen molar-refractivity contribution in [2.75, 3.05) is 5.32 Å². The Bertz CT molecular complexity index is 925. The Balaban J connectivity index is 1.48. The number of anilines is 1. The van der Waals surface area contributed by atoms with Crippen molar-refractivity contribution in [1.82, 2.24) is 4.98 Å². The molecule has 4 heteroatoms. The van der Waals surface area contributed by atoms with E-state index in [1.54, 1.807) is 0 Å². The van der Waals surface area contributed by atoms with Gasteiger partial charge in [-0.3, -0.25) is 4.79 Å². The first-order valence-electron chi connectivity index (χ1n) is 10.3. The Morgan fingerprint density at radius 1 is 1.11 bits per heavy atom. The highest BCUT2D eigenvalue weighted by Gasteiger charge is 2.35. The number of hydrogen-bond acceptors (Lipinski definition) is 3. The van der Waals surface area contributed by atoms with Crippen LogP contribution >= 0.6 is 0 Å². The third kappa shape index (κ3) is 3.82. The zero-order chi connectivity index (χ0) is 19.7. The van der Waals surface area contributed by atoms with Crippen LogP contribution < -0.4 is 5.32 Å². The zero-order valence-corrected chi connectivity index (χ0v) is 16.8. The van der Waals surface area contributed by atoms with Crippen molar-refractivity contribution in [3.8, 4) is 11.5 Å². The smallest absolute Gasteiger partial charge is 0.227 e. The molecule has 1 aliphatic carbocycles. The van der Waals surface area contributed by atoms with Crippen molar-refractivity contribution in [3.63, 3.8) is 0 Å². The van der Waals surface area contributed by atoms with Gasteiger partial charge in [-0.1, -0.05) is 39.3 Å². The number of benzene rings is 2. The molecule has 1 amide bonds. The monoisotopic (exact) mass is 376 g/mol. The third-order valence-electron chi connectivity index (χ3n) is 6.05. The van der Waals surface area contributed by atoms with Gasteiger partial charge in [0.25, 0.3) is 0 Å². The minimum absolute atomic E-state index is 0.0977. The van der Waals surface area contributed by atoms with Gasteiger partial charge in [-0.15, -0.1) is 0 Å². The number of rotatable bonds is 4. The molecular formula is C24H28N2O2. The van der Waals surface area contributed by atoms with E-state index in [0.29, 0.717) is 23.6 Å². The summed E-state index contributed by atoms with van der Waals surface area (Å²) in [5, 5.41) is 3.13. The molecule has 0 saturated heterocycles. The molecule has 4 rings (SSSR count). The lowest BCUT2D eigenvalue weighted by atomic mass is 9.70. The van der Waals surface area contributed by atoms with Crippen LogP contribution in [0.4, 0.5) is 5.69 Å². The van der Waals surface area contributed by atoms with E-state index in [0.717, 1.165) is 35.2 Å². The maximum Gasteiger partial charge on any atom is 0.227 e. The van der Waals surface area contributed by atoms with E-state index < -0.39 is 0 Å². The lowest BCUT2D eigenvalue weighted by Gasteiger charge is -2.36. The van der Waals surface area contributed by atoms with Gasteiger partial charge in [0.15, 0.2) is 5.58 Å². The van der Waals surface area contributed by atoms with Gasteiger partial charge in [-0.2, -0.15) is 0 Å². The van der Waals surface area contributed by atoms with Crippen molar-refractivity contribution < 1.29 is 9.21 Å². The van der Waals surface area contributed by atoms with Crippen LogP contribution in [0, 0.1) is 23.7 Å². The number of carbonyl (C=O) groups is 1. The number of aromatic nitrogens is 1. The van der Waals surface area contributed by atoms with Crippen LogP contribution in [0.5, 0.6) is 0 Å². The number of carbonyl (C=O) groups excluding carboxylic acids is 1. The van der Waals surface area contributed by atoms with E-state index >= 15 is 0 Å². The summed E-state index contributed by atoms with van der Waals surface area (Å²) in [6.45, 7) is 6.72. The second kappa shape index (κ2) is 7.78. The number of hydrogen-bond donors (Lipinski definition) is 1. The van der Waals surface area contributed by atoms with Crippen LogP contribution in [0.15, 0.2) is 52.9 Å². The van der Waals surface area contributed by atoms with Crippen molar-refractivity contribution in [1.29, 1.82) is 0 Å². The molecular weight excluding hydrogens is 348 g/mol. The average molecular weight is 377 g/mol. The Morgan fingerprint density at radius 2 is 1.86 bits per heavy atom. The van der Waals surface area contributed by atoms with Crippen LogP contribution in [-0.4, -0.2) is 10.9 Å². The molecule has 3 aromatic rings. The molecule has 0 radical (unpaired) electrons. The lowest BCUT2D eigenvalue weighted by Crippen LogP contribution is -2.36. The molecule has 28 heavy (non-hydrogen) atoms. The molecule has 1 aliphatic rings. The highest BCUT2D eigenvalue weighted by molar-refractivity contribution is 5.93. The van der Waals surface area contributed by atoms with Crippen LogP contribution in [0.1, 0.15) is 40.0 Å². The summed E-state index contributed by atoms with van der Waals surface area (Å²) in [6, 6.07) is 15.5. The highest BCUT2D eigenvalue weighted by Crippen LogP contribution is 2.38. The van der Waals surface area contributed by atoms with Crippen molar-refractivity contribution >= 4 is 22.7 Å². The molecule has 1 aromatic heterocycles. The number of nitrogens with one attached hydrogen (secondary N) is 1. The summed E-state index contributed by atoms with van der Waals surface area (Å²) in [6.07, 6.45) is 3.36. The van der Waals surface area contributed by atoms with E-state index in [9.17, 15) is 4.79 Å². The quantitative estimate of drug-likeness (QED) is 0.595. The summed E-state index contributed by atoms with van der Waals surface area (Å²) < 4.78 is 5.82. The summed E-state index contributed by atoms with van der Waals surface area (Å²) in [7, 11) is 0. The lowest BCUT2D eigenvalue weighted by molar-refractivity contribution is -0.123. The van der Waals surface area contributed by atoms with E-state index in [-0.39, 0.29) is 11.8 Å². The van der Waals surface area contributed by atoms with Crippen molar-refractivity contribution in [3.05, 3.63) is 48.5 Å². The minimum atomic E-state index is 0.0977. The summed E-state index contributed by atoms with van der Waals surface area (Å²) in [4.78, 5) is 17.5. The fraction of sp³-hybridized carbons (Fsp3) is 0.417. The Labute approximate surface area is 166 Å². The SMILES string of the molecule is CC(C)[C@@H]1CC[C@@H](C)C[C@H]1C(=O)Nc1ccc(-c2nc3ccccc3o2)cc1. The van der Waals surface area contributed by atoms with Crippen LogP contribution in [0.25, 0.3) is 22.6 Å². The van der Waals surface area contributed by atoms with Gasteiger partial charge in [0.2, 0.25) is 11.8 Å². The molecule has 3 atom stereocenters.